The highest BCUT2D eigenvalue weighted by molar-refractivity contribution is 9.10. The lowest BCUT2D eigenvalue weighted by molar-refractivity contribution is 0.180. The minimum absolute atomic E-state index is 0.521. The van der Waals surface area contributed by atoms with Gasteiger partial charge in [-0.1, -0.05) is 25.6 Å². The maximum atomic E-state index is 5.32. The number of rotatable bonds is 4. The van der Waals surface area contributed by atoms with Crippen LogP contribution in [0.2, 0.25) is 0 Å². The lowest BCUT2D eigenvalue weighted by Crippen LogP contribution is -2.16. The molecule has 1 heterocycles. The van der Waals surface area contributed by atoms with Crippen LogP contribution in [-0.4, -0.2) is 17.1 Å². The zero-order chi connectivity index (χ0) is 13.8. The normalized spacial score (nSPS) is 23.5. The van der Waals surface area contributed by atoms with Crippen LogP contribution in [0, 0.1) is 10.6 Å². The van der Waals surface area contributed by atoms with Crippen molar-refractivity contribution in [3.8, 4) is 0 Å². The third kappa shape index (κ3) is 3.64. The van der Waals surface area contributed by atoms with E-state index in [0.717, 1.165) is 21.9 Å². The van der Waals surface area contributed by atoms with E-state index in [9.17, 15) is 0 Å². The summed E-state index contributed by atoms with van der Waals surface area (Å²) in [6.45, 7) is 2.82. The highest BCUT2D eigenvalue weighted by Crippen LogP contribution is 2.36. The second-order valence-corrected chi connectivity index (χ2v) is 6.46. The van der Waals surface area contributed by atoms with E-state index in [2.05, 4.69) is 32.8 Å². The Kier molecular flexibility index (Phi) is 5.54. The van der Waals surface area contributed by atoms with Crippen molar-refractivity contribution in [1.82, 2.24) is 9.97 Å². The molecular formula is C14H21BrN2OS. The van der Waals surface area contributed by atoms with Crippen LogP contribution in [-0.2, 0) is 11.3 Å². The molecule has 0 atom stereocenters. The van der Waals surface area contributed by atoms with Crippen LogP contribution in [0.1, 0.15) is 56.5 Å². The van der Waals surface area contributed by atoms with E-state index in [1.165, 1.54) is 32.1 Å². The third-order valence-electron chi connectivity index (χ3n) is 4.05. The number of halogens is 1. The first kappa shape index (κ1) is 15.1. The molecule has 1 aliphatic carbocycles. The van der Waals surface area contributed by atoms with Gasteiger partial charge < -0.3 is 9.72 Å². The van der Waals surface area contributed by atoms with Gasteiger partial charge in [-0.25, -0.2) is 4.98 Å². The number of aromatic amines is 1. The summed E-state index contributed by atoms with van der Waals surface area (Å²) in [4.78, 5) is 7.95. The lowest BCUT2D eigenvalue weighted by Gasteiger charge is -2.27. The molecule has 0 bridgehead atoms. The van der Waals surface area contributed by atoms with Crippen molar-refractivity contribution in [3.63, 3.8) is 0 Å². The Labute approximate surface area is 128 Å². The zero-order valence-corrected chi connectivity index (χ0v) is 13.9. The Hall–Kier alpha value is -0.260. The van der Waals surface area contributed by atoms with Crippen molar-refractivity contribution in [2.75, 3.05) is 7.11 Å². The van der Waals surface area contributed by atoms with E-state index < -0.39 is 0 Å². The summed E-state index contributed by atoms with van der Waals surface area (Å²) in [5.74, 6) is 2.45. The van der Waals surface area contributed by atoms with Crippen LogP contribution in [0.4, 0.5) is 0 Å². The summed E-state index contributed by atoms with van der Waals surface area (Å²) in [6.07, 6.45) is 6.33. The molecule has 3 nitrogen and oxygen atoms in total. The molecule has 0 aliphatic heterocycles. The monoisotopic (exact) mass is 344 g/mol. The summed E-state index contributed by atoms with van der Waals surface area (Å²) in [5, 5.41) is 0. The molecule has 0 unspecified atom stereocenters. The maximum absolute atomic E-state index is 5.32. The fraction of sp³-hybridized carbons (Fsp3) is 0.714. The van der Waals surface area contributed by atoms with E-state index in [1.807, 2.05) is 0 Å². The van der Waals surface area contributed by atoms with Gasteiger partial charge in [-0.3, -0.25) is 0 Å². The minimum Gasteiger partial charge on any atom is -0.378 e. The molecule has 1 aromatic rings. The molecule has 0 amide bonds. The van der Waals surface area contributed by atoms with E-state index in [-0.39, 0.29) is 0 Å². The van der Waals surface area contributed by atoms with Crippen LogP contribution >= 0.6 is 28.1 Å². The van der Waals surface area contributed by atoms with E-state index >= 15 is 0 Å². The van der Waals surface area contributed by atoms with Crippen molar-refractivity contribution in [2.24, 2.45) is 5.92 Å². The molecule has 0 aromatic carbocycles. The van der Waals surface area contributed by atoms with Crippen molar-refractivity contribution < 1.29 is 4.74 Å². The quantitative estimate of drug-likeness (QED) is 0.802. The number of hydrogen-bond donors (Lipinski definition) is 1. The van der Waals surface area contributed by atoms with Crippen molar-refractivity contribution in [3.05, 3.63) is 20.6 Å². The number of H-pyrrole nitrogens is 1. The lowest BCUT2D eigenvalue weighted by atomic mass is 9.80. The Bertz CT molecular complexity index is 481. The van der Waals surface area contributed by atoms with Gasteiger partial charge in [0.05, 0.1) is 16.8 Å². The highest BCUT2D eigenvalue weighted by atomic mass is 79.9. The van der Waals surface area contributed by atoms with Gasteiger partial charge >= 0.3 is 0 Å². The Morgan fingerprint density at radius 2 is 2.05 bits per heavy atom. The van der Waals surface area contributed by atoms with Gasteiger partial charge in [-0.15, -0.1) is 0 Å². The predicted molar refractivity (Wildman–Crippen MR) is 82.8 cm³/mol. The first-order chi connectivity index (χ1) is 9.15. The predicted octanol–water partition coefficient (Wildman–Crippen LogP) is 4.73. The molecule has 0 saturated heterocycles. The van der Waals surface area contributed by atoms with E-state index in [1.54, 1.807) is 7.11 Å². The summed E-state index contributed by atoms with van der Waals surface area (Å²) in [6, 6.07) is 0. The topological polar surface area (TPSA) is 37.9 Å². The van der Waals surface area contributed by atoms with Crippen LogP contribution in [0.5, 0.6) is 0 Å². The summed E-state index contributed by atoms with van der Waals surface area (Å²) in [7, 11) is 1.69. The Morgan fingerprint density at radius 3 is 2.63 bits per heavy atom. The average molecular weight is 345 g/mol. The van der Waals surface area contributed by atoms with Gasteiger partial charge in [0.15, 0.2) is 0 Å². The minimum atomic E-state index is 0.521. The molecule has 5 heteroatoms. The first-order valence-electron chi connectivity index (χ1n) is 6.93. The summed E-state index contributed by atoms with van der Waals surface area (Å²) >= 11 is 8.81. The van der Waals surface area contributed by atoms with Crippen LogP contribution in [0.15, 0.2) is 4.47 Å². The second-order valence-electron chi connectivity index (χ2n) is 5.28. The van der Waals surface area contributed by atoms with E-state index in [0.29, 0.717) is 17.2 Å². The molecule has 1 aromatic heterocycles. The average Bonchev–Trinajstić information content (AvgIpc) is 2.44. The number of hydrogen-bond acceptors (Lipinski definition) is 3. The number of ether oxygens (including phenoxy) is 1. The molecule has 0 spiro atoms. The number of nitrogens with zero attached hydrogens (tertiary/aromatic N) is 1. The van der Waals surface area contributed by atoms with Crippen LogP contribution in [0.25, 0.3) is 0 Å². The fourth-order valence-corrected chi connectivity index (χ4v) is 3.33. The molecule has 0 radical (unpaired) electrons. The second kappa shape index (κ2) is 6.95. The summed E-state index contributed by atoms with van der Waals surface area (Å²) < 4.78 is 6.70. The number of aromatic nitrogens is 2. The van der Waals surface area contributed by atoms with Crippen molar-refractivity contribution in [2.45, 2.75) is 51.6 Å². The molecule has 1 N–H and O–H groups in total. The van der Waals surface area contributed by atoms with Crippen molar-refractivity contribution in [1.29, 1.82) is 0 Å². The van der Waals surface area contributed by atoms with Gasteiger partial charge in [0, 0.05) is 13.0 Å². The standard InChI is InChI=1S/C14H21BrN2OS/c1-3-9-4-6-10(7-5-9)13-16-11(8-18-2)12(15)14(19)17-13/h9-10H,3-8H2,1-2H3,(H,16,17,19). The third-order valence-corrected chi connectivity index (χ3v) is 5.47. The maximum Gasteiger partial charge on any atom is 0.144 e. The van der Waals surface area contributed by atoms with Gasteiger partial charge in [0.25, 0.3) is 0 Å². The molecule has 1 fully saturated rings. The Morgan fingerprint density at radius 1 is 1.37 bits per heavy atom. The molecule has 2 rings (SSSR count). The van der Waals surface area contributed by atoms with Gasteiger partial charge in [0.1, 0.15) is 10.5 Å². The highest BCUT2D eigenvalue weighted by Gasteiger charge is 2.23. The smallest absolute Gasteiger partial charge is 0.144 e. The summed E-state index contributed by atoms with van der Waals surface area (Å²) in [5.41, 5.74) is 0.995. The zero-order valence-electron chi connectivity index (χ0n) is 11.5. The first-order valence-corrected chi connectivity index (χ1v) is 8.13. The van der Waals surface area contributed by atoms with Crippen LogP contribution in [0.3, 0.4) is 0 Å². The van der Waals surface area contributed by atoms with Crippen molar-refractivity contribution >= 4 is 28.1 Å². The molecule has 106 valence electrons. The van der Waals surface area contributed by atoms with Gasteiger partial charge in [0.2, 0.25) is 0 Å². The van der Waals surface area contributed by atoms with Gasteiger partial charge in [-0.2, -0.15) is 0 Å². The fourth-order valence-electron chi connectivity index (χ4n) is 2.81. The molecule has 19 heavy (non-hydrogen) atoms. The van der Waals surface area contributed by atoms with Crippen LogP contribution < -0.4 is 0 Å². The number of methoxy groups -OCH3 is 1. The molecule has 1 aliphatic rings. The largest absolute Gasteiger partial charge is 0.378 e. The SMILES string of the molecule is CCC1CCC(c2nc(=S)c(Br)c(COC)[nH]2)CC1. The number of nitrogens with one attached hydrogen (secondary N) is 1. The molecular weight excluding hydrogens is 324 g/mol. The van der Waals surface area contributed by atoms with Gasteiger partial charge in [-0.05, 0) is 47.5 Å². The Balaban J connectivity index is 2.19. The van der Waals surface area contributed by atoms with E-state index in [4.69, 9.17) is 17.0 Å². The molecule has 1 saturated carbocycles.